The van der Waals surface area contributed by atoms with Crippen LogP contribution in [0.3, 0.4) is 0 Å². The quantitative estimate of drug-likeness (QED) is 0.483. The van der Waals surface area contributed by atoms with E-state index in [1.54, 1.807) is 0 Å². The molecule has 0 aliphatic rings. The highest BCUT2D eigenvalue weighted by molar-refractivity contribution is 7.14. The molecule has 0 aliphatic heterocycles. The van der Waals surface area contributed by atoms with E-state index in [1.807, 2.05) is 0 Å². The van der Waals surface area contributed by atoms with Crippen LogP contribution < -0.4 is 5.32 Å². The maximum Gasteiger partial charge on any atom is 0.279 e. The van der Waals surface area contributed by atoms with E-state index < -0.39 is 10.7 Å². The van der Waals surface area contributed by atoms with Crippen molar-refractivity contribution in [3.05, 3.63) is 39.1 Å². The van der Waals surface area contributed by atoms with Crippen LogP contribution in [0.25, 0.3) is 10.6 Å². The fraction of sp³-hybridized carbons (Fsp3) is 0.385. The molecule has 0 fully saturated rings. The van der Waals surface area contributed by atoms with E-state index in [4.69, 9.17) is 0 Å². The highest BCUT2D eigenvalue weighted by atomic mass is 32.1. The number of nitro groups is 1. The molecule has 0 saturated heterocycles. The lowest BCUT2D eigenvalue weighted by molar-refractivity contribution is -0.384. The molecule has 8 heteroatoms. The number of nitro benzene ring substituents is 1. The van der Waals surface area contributed by atoms with E-state index in [2.05, 4.69) is 22.4 Å². The first kappa shape index (κ1) is 15.5. The summed E-state index contributed by atoms with van der Waals surface area (Å²) in [7, 11) is 0. The minimum Gasteiger partial charge on any atom is -0.316 e. The fourth-order valence-electron chi connectivity index (χ4n) is 1.80. The van der Waals surface area contributed by atoms with Crippen LogP contribution in [-0.4, -0.2) is 28.2 Å². The summed E-state index contributed by atoms with van der Waals surface area (Å²) in [4.78, 5) is 10.4. The normalized spacial score (nSPS) is 10.8. The largest absolute Gasteiger partial charge is 0.316 e. The third-order valence-electron chi connectivity index (χ3n) is 2.79. The van der Waals surface area contributed by atoms with Gasteiger partial charge in [0.05, 0.1) is 10.5 Å². The van der Waals surface area contributed by atoms with Crippen LogP contribution in [0.1, 0.15) is 18.4 Å². The first-order valence-corrected chi connectivity index (χ1v) is 7.41. The van der Waals surface area contributed by atoms with Gasteiger partial charge >= 0.3 is 0 Å². The summed E-state index contributed by atoms with van der Waals surface area (Å²) in [6, 6.07) is 3.34. The highest BCUT2D eigenvalue weighted by Gasteiger charge is 2.19. The van der Waals surface area contributed by atoms with Crippen molar-refractivity contribution in [2.75, 3.05) is 13.1 Å². The van der Waals surface area contributed by atoms with Gasteiger partial charge in [0, 0.05) is 19.0 Å². The van der Waals surface area contributed by atoms with Gasteiger partial charge in [-0.2, -0.15) is 0 Å². The Kier molecular flexibility index (Phi) is 5.29. The molecule has 0 amide bonds. The summed E-state index contributed by atoms with van der Waals surface area (Å²) in [5.41, 5.74) is 0.00785. The molecule has 0 atom stereocenters. The first-order valence-electron chi connectivity index (χ1n) is 6.59. The second kappa shape index (κ2) is 7.19. The molecule has 0 radical (unpaired) electrons. The van der Waals surface area contributed by atoms with Crippen molar-refractivity contribution >= 4 is 17.0 Å². The second-order valence-electron chi connectivity index (χ2n) is 4.42. The number of nitrogens with zero attached hydrogens (tertiary/aromatic N) is 3. The van der Waals surface area contributed by atoms with Crippen molar-refractivity contribution in [1.82, 2.24) is 15.5 Å². The average molecular weight is 310 g/mol. The van der Waals surface area contributed by atoms with Crippen molar-refractivity contribution < 1.29 is 9.31 Å². The van der Waals surface area contributed by atoms with Gasteiger partial charge in [0.15, 0.2) is 5.01 Å². The maximum atomic E-state index is 13.3. The zero-order valence-corrected chi connectivity index (χ0v) is 12.3. The summed E-state index contributed by atoms with van der Waals surface area (Å²) >= 11 is 1.25. The Morgan fingerprint density at radius 2 is 2.19 bits per heavy atom. The summed E-state index contributed by atoms with van der Waals surface area (Å²) in [5, 5.41) is 23.3. The zero-order valence-electron chi connectivity index (χ0n) is 11.5. The average Bonchev–Trinajstić information content (AvgIpc) is 2.92. The molecule has 21 heavy (non-hydrogen) atoms. The summed E-state index contributed by atoms with van der Waals surface area (Å²) in [6.45, 7) is 3.79. The van der Waals surface area contributed by atoms with Crippen molar-refractivity contribution in [2.45, 2.75) is 19.8 Å². The number of nitrogens with one attached hydrogen (secondary N) is 1. The molecule has 112 valence electrons. The van der Waals surface area contributed by atoms with Gasteiger partial charge in [-0.1, -0.05) is 18.3 Å². The highest BCUT2D eigenvalue weighted by Crippen LogP contribution is 2.32. The molecule has 0 bridgehead atoms. The second-order valence-corrected chi connectivity index (χ2v) is 5.48. The Balaban J connectivity index is 2.17. The monoisotopic (exact) mass is 310 g/mol. The third-order valence-corrected chi connectivity index (χ3v) is 3.81. The van der Waals surface area contributed by atoms with Crippen LogP contribution in [0, 0.1) is 15.9 Å². The van der Waals surface area contributed by atoms with Crippen LogP contribution in [0.15, 0.2) is 18.2 Å². The van der Waals surface area contributed by atoms with Crippen LogP contribution in [0.5, 0.6) is 0 Å². The predicted molar refractivity (Wildman–Crippen MR) is 78.8 cm³/mol. The molecule has 0 aliphatic carbocycles. The SMILES string of the molecule is CCCNCCc1nnc(-c2cc(F)ccc2[N+](=O)[O-])s1. The lowest BCUT2D eigenvalue weighted by Gasteiger charge is -1.99. The van der Waals surface area contributed by atoms with Gasteiger partial charge in [-0.25, -0.2) is 4.39 Å². The molecular formula is C13H15FN4O2S. The first-order chi connectivity index (χ1) is 10.1. The maximum absolute atomic E-state index is 13.3. The molecule has 2 rings (SSSR count). The molecule has 2 aromatic rings. The molecule has 0 spiro atoms. The fourth-order valence-corrected chi connectivity index (χ4v) is 2.66. The van der Waals surface area contributed by atoms with Gasteiger partial charge in [0.2, 0.25) is 0 Å². The number of hydrogen-bond acceptors (Lipinski definition) is 6. The van der Waals surface area contributed by atoms with Gasteiger partial charge in [-0.3, -0.25) is 10.1 Å². The molecule has 1 aromatic carbocycles. The van der Waals surface area contributed by atoms with Crippen LogP contribution in [-0.2, 0) is 6.42 Å². The zero-order chi connectivity index (χ0) is 15.2. The van der Waals surface area contributed by atoms with E-state index in [-0.39, 0.29) is 11.3 Å². The lowest BCUT2D eigenvalue weighted by atomic mass is 10.2. The van der Waals surface area contributed by atoms with Gasteiger partial charge < -0.3 is 5.32 Å². The number of aromatic nitrogens is 2. The number of hydrogen-bond donors (Lipinski definition) is 1. The van der Waals surface area contributed by atoms with E-state index in [1.165, 1.54) is 11.3 Å². The van der Waals surface area contributed by atoms with E-state index >= 15 is 0 Å². The van der Waals surface area contributed by atoms with Crippen LogP contribution in [0.2, 0.25) is 0 Å². The standard InChI is InChI=1S/C13H15FN4O2S/c1-2-6-15-7-5-12-16-17-13(21-12)10-8-9(14)3-4-11(10)18(19)20/h3-4,8,15H,2,5-7H2,1H3. The summed E-state index contributed by atoms with van der Waals surface area (Å²) in [6.07, 6.45) is 1.75. The number of benzene rings is 1. The molecule has 0 saturated carbocycles. The molecule has 1 aromatic heterocycles. The topological polar surface area (TPSA) is 81.0 Å². The van der Waals surface area contributed by atoms with Gasteiger partial charge in [0.25, 0.3) is 5.69 Å². The Bertz CT molecular complexity index is 632. The minimum atomic E-state index is -0.543. The smallest absolute Gasteiger partial charge is 0.279 e. The lowest BCUT2D eigenvalue weighted by Crippen LogP contribution is -2.17. The minimum absolute atomic E-state index is 0.164. The van der Waals surface area contributed by atoms with Crippen LogP contribution >= 0.6 is 11.3 Å². The van der Waals surface area contributed by atoms with Crippen molar-refractivity contribution in [2.24, 2.45) is 0 Å². The third kappa shape index (κ3) is 4.02. The molecule has 0 unspecified atom stereocenters. The number of halogens is 1. The Morgan fingerprint density at radius 1 is 1.38 bits per heavy atom. The van der Waals surface area contributed by atoms with Crippen molar-refractivity contribution in [3.63, 3.8) is 0 Å². The van der Waals surface area contributed by atoms with Crippen molar-refractivity contribution in [1.29, 1.82) is 0 Å². The predicted octanol–water partition coefficient (Wildman–Crippen LogP) is 2.79. The Morgan fingerprint density at radius 3 is 2.90 bits per heavy atom. The molecule has 1 N–H and O–H groups in total. The molecule has 6 nitrogen and oxygen atoms in total. The Labute approximate surface area is 125 Å². The van der Waals surface area contributed by atoms with Crippen molar-refractivity contribution in [3.8, 4) is 10.6 Å². The van der Waals surface area contributed by atoms with E-state index in [9.17, 15) is 14.5 Å². The van der Waals surface area contributed by atoms with E-state index in [0.29, 0.717) is 11.4 Å². The summed E-state index contributed by atoms with van der Waals surface area (Å²) < 4.78 is 13.3. The molecule has 1 heterocycles. The van der Waals surface area contributed by atoms with Gasteiger partial charge in [-0.05, 0) is 25.1 Å². The molecular weight excluding hydrogens is 295 g/mol. The van der Waals surface area contributed by atoms with Gasteiger partial charge in [-0.15, -0.1) is 10.2 Å². The van der Waals surface area contributed by atoms with Crippen LogP contribution in [0.4, 0.5) is 10.1 Å². The Hall–Kier alpha value is -1.93. The number of rotatable bonds is 7. The van der Waals surface area contributed by atoms with E-state index in [0.717, 1.165) is 42.7 Å². The van der Waals surface area contributed by atoms with Gasteiger partial charge in [0.1, 0.15) is 10.8 Å². The summed E-state index contributed by atoms with van der Waals surface area (Å²) in [5.74, 6) is -0.531.